The van der Waals surface area contributed by atoms with Crippen LogP contribution in [-0.4, -0.2) is 33.7 Å². The number of anilines is 2. The van der Waals surface area contributed by atoms with Gasteiger partial charge in [0.05, 0.1) is 23.9 Å². The highest BCUT2D eigenvalue weighted by atomic mass is 16.5. The van der Waals surface area contributed by atoms with E-state index in [1.54, 1.807) is 17.9 Å². The second-order valence-electron chi connectivity index (χ2n) is 7.41. The highest BCUT2D eigenvalue weighted by molar-refractivity contribution is 5.99. The fourth-order valence-corrected chi connectivity index (χ4v) is 3.62. The third kappa shape index (κ3) is 4.27. The summed E-state index contributed by atoms with van der Waals surface area (Å²) >= 11 is 0. The van der Waals surface area contributed by atoms with Gasteiger partial charge in [0.25, 0.3) is 0 Å². The summed E-state index contributed by atoms with van der Waals surface area (Å²) in [6, 6.07) is 5.51. The van der Waals surface area contributed by atoms with Gasteiger partial charge in [-0.05, 0) is 56.0 Å². The molecule has 0 atom stereocenters. The maximum absolute atomic E-state index is 12.7. The van der Waals surface area contributed by atoms with Crippen LogP contribution in [0.1, 0.15) is 35.7 Å². The van der Waals surface area contributed by atoms with Crippen LogP contribution in [0.5, 0.6) is 5.88 Å². The minimum Gasteiger partial charge on any atom is -0.479 e. The third-order valence-electron chi connectivity index (χ3n) is 5.08. The summed E-state index contributed by atoms with van der Waals surface area (Å²) in [5, 5.41) is 10.9. The number of ether oxygens (including phenoxy) is 1. The minimum absolute atomic E-state index is 0.135. The number of aromatic nitrogens is 3. The molecule has 0 bridgehead atoms. The van der Waals surface area contributed by atoms with Crippen molar-refractivity contribution in [2.45, 2.75) is 40.5 Å². The van der Waals surface area contributed by atoms with Gasteiger partial charge >= 0.3 is 0 Å². The summed E-state index contributed by atoms with van der Waals surface area (Å²) in [7, 11) is 3.42. The van der Waals surface area contributed by atoms with Crippen LogP contribution in [0.3, 0.4) is 0 Å². The van der Waals surface area contributed by atoms with E-state index in [0.29, 0.717) is 23.7 Å². The van der Waals surface area contributed by atoms with Gasteiger partial charge < -0.3 is 15.4 Å². The Balaban J connectivity index is 1.81. The number of pyridine rings is 1. The molecule has 2 N–H and O–H groups in total. The maximum atomic E-state index is 12.7. The van der Waals surface area contributed by atoms with Crippen molar-refractivity contribution in [2.75, 3.05) is 17.7 Å². The van der Waals surface area contributed by atoms with Crippen LogP contribution in [-0.2, 0) is 23.1 Å². The first-order valence-electron chi connectivity index (χ1n) is 9.76. The van der Waals surface area contributed by atoms with Crippen molar-refractivity contribution in [1.29, 1.82) is 0 Å². The molecule has 3 aromatic rings. The highest BCUT2D eigenvalue weighted by Crippen LogP contribution is 2.30. The molecule has 2 amide bonds. The van der Waals surface area contributed by atoms with Crippen molar-refractivity contribution in [2.24, 2.45) is 7.05 Å². The number of aryl methyl sites for hydroxylation is 4. The van der Waals surface area contributed by atoms with Crippen molar-refractivity contribution in [1.82, 2.24) is 14.8 Å². The fraction of sp³-hybridized carbons (Fsp3) is 0.364. The van der Waals surface area contributed by atoms with Gasteiger partial charge in [0.15, 0.2) is 5.65 Å². The van der Waals surface area contributed by atoms with Crippen molar-refractivity contribution < 1.29 is 14.3 Å². The normalized spacial score (nSPS) is 10.9. The fourth-order valence-electron chi connectivity index (χ4n) is 3.62. The van der Waals surface area contributed by atoms with E-state index in [1.165, 1.54) is 6.92 Å². The topological polar surface area (TPSA) is 98.1 Å². The molecule has 0 saturated heterocycles. The van der Waals surface area contributed by atoms with E-state index < -0.39 is 0 Å². The van der Waals surface area contributed by atoms with Crippen LogP contribution >= 0.6 is 0 Å². The summed E-state index contributed by atoms with van der Waals surface area (Å²) in [6.45, 7) is 7.31. The molecule has 0 saturated carbocycles. The van der Waals surface area contributed by atoms with E-state index in [0.717, 1.165) is 33.4 Å². The third-order valence-corrected chi connectivity index (χ3v) is 5.08. The molecule has 0 fully saturated rings. The summed E-state index contributed by atoms with van der Waals surface area (Å²) in [4.78, 5) is 28.8. The number of nitrogens with one attached hydrogen (secondary N) is 2. The first kappa shape index (κ1) is 21.3. The van der Waals surface area contributed by atoms with Gasteiger partial charge in [-0.3, -0.25) is 9.59 Å². The Bertz CT molecular complexity index is 1130. The number of amides is 2. The predicted octanol–water partition coefficient (Wildman–Crippen LogP) is 3.43. The average Bonchev–Trinajstić information content (AvgIpc) is 2.99. The van der Waals surface area contributed by atoms with Crippen LogP contribution in [0, 0.1) is 20.8 Å². The second kappa shape index (κ2) is 8.52. The van der Waals surface area contributed by atoms with Crippen LogP contribution in [0.25, 0.3) is 11.0 Å². The van der Waals surface area contributed by atoms with Gasteiger partial charge in [0.2, 0.25) is 17.7 Å². The van der Waals surface area contributed by atoms with Crippen molar-refractivity contribution in [3.63, 3.8) is 0 Å². The molecular weight excluding hydrogens is 382 g/mol. The number of carbonyl (C=O) groups is 2. The smallest absolute Gasteiger partial charge is 0.242 e. The predicted molar refractivity (Wildman–Crippen MR) is 117 cm³/mol. The summed E-state index contributed by atoms with van der Waals surface area (Å²) in [5.41, 5.74) is 5.82. The van der Waals surface area contributed by atoms with Gasteiger partial charge in [0, 0.05) is 26.1 Å². The Morgan fingerprint density at radius 1 is 1.13 bits per heavy atom. The molecule has 0 aliphatic carbocycles. The molecule has 0 spiro atoms. The Morgan fingerprint density at radius 2 is 1.87 bits per heavy atom. The standard InChI is InChI=1S/C22H27N5O3/c1-12-7-9-17(24-15(4)28)18(11-12)25-19(29)10-8-16-13(2)20-21(23-14(16)3)27(5)26-22(20)30-6/h7,9,11H,8,10H2,1-6H3,(H,24,28)(H,25,29). The van der Waals surface area contributed by atoms with Crippen LogP contribution in [0.2, 0.25) is 0 Å². The van der Waals surface area contributed by atoms with Crippen molar-refractivity contribution in [3.05, 3.63) is 40.6 Å². The molecule has 2 aromatic heterocycles. The van der Waals surface area contributed by atoms with Crippen LogP contribution in [0.15, 0.2) is 18.2 Å². The monoisotopic (exact) mass is 409 g/mol. The van der Waals surface area contributed by atoms with E-state index >= 15 is 0 Å². The molecule has 1 aromatic carbocycles. The van der Waals surface area contributed by atoms with Gasteiger partial charge in [-0.25, -0.2) is 9.67 Å². The van der Waals surface area contributed by atoms with Gasteiger partial charge in [-0.1, -0.05) is 6.07 Å². The maximum Gasteiger partial charge on any atom is 0.242 e. The number of nitrogens with zero attached hydrogens (tertiary/aromatic N) is 3. The number of methoxy groups -OCH3 is 1. The van der Waals surface area contributed by atoms with Gasteiger partial charge in [-0.2, -0.15) is 0 Å². The molecule has 0 unspecified atom stereocenters. The van der Waals surface area contributed by atoms with E-state index in [2.05, 4.69) is 20.7 Å². The number of hydrogen-bond acceptors (Lipinski definition) is 5. The Morgan fingerprint density at radius 3 is 2.53 bits per heavy atom. The quantitative estimate of drug-likeness (QED) is 0.650. The van der Waals surface area contributed by atoms with Crippen LogP contribution in [0.4, 0.5) is 11.4 Å². The van der Waals surface area contributed by atoms with Crippen molar-refractivity contribution >= 4 is 34.2 Å². The average molecular weight is 409 g/mol. The first-order valence-corrected chi connectivity index (χ1v) is 9.76. The van der Waals surface area contributed by atoms with Gasteiger partial charge in [-0.15, -0.1) is 5.10 Å². The van der Waals surface area contributed by atoms with E-state index in [1.807, 2.05) is 40.0 Å². The summed E-state index contributed by atoms with van der Waals surface area (Å²) in [6.07, 6.45) is 0.816. The van der Waals surface area contributed by atoms with Crippen LogP contribution < -0.4 is 15.4 Å². The van der Waals surface area contributed by atoms with Crippen molar-refractivity contribution in [3.8, 4) is 5.88 Å². The molecule has 158 valence electrons. The van der Waals surface area contributed by atoms with E-state index in [-0.39, 0.29) is 18.2 Å². The summed E-state index contributed by atoms with van der Waals surface area (Å²) < 4.78 is 7.10. The number of hydrogen-bond donors (Lipinski definition) is 2. The molecule has 2 heterocycles. The van der Waals surface area contributed by atoms with Gasteiger partial charge in [0.1, 0.15) is 0 Å². The zero-order valence-corrected chi connectivity index (χ0v) is 18.2. The van der Waals surface area contributed by atoms with E-state index in [4.69, 9.17) is 4.74 Å². The Labute approximate surface area is 175 Å². The Hall–Kier alpha value is -3.42. The lowest BCUT2D eigenvalue weighted by Gasteiger charge is -2.14. The lowest BCUT2D eigenvalue weighted by molar-refractivity contribution is -0.116. The summed E-state index contributed by atoms with van der Waals surface area (Å²) in [5.74, 6) is 0.206. The molecule has 3 rings (SSSR count). The number of fused-ring (bicyclic) bond motifs is 1. The molecule has 8 nitrogen and oxygen atoms in total. The molecule has 30 heavy (non-hydrogen) atoms. The number of carbonyl (C=O) groups excluding carboxylic acids is 2. The largest absolute Gasteiger partial charge is 0.479 e. The minimum atomic E-state index is -0.189. The zero-order valence-electron chi connectivity index (χ0n) is 18.2. The lowest BCUT2D eigenvalue weighted by Crippen LogP contribution is -2.16. The molecular formula is C22H27N5O3. The molecule has 8 heteroatoms. The molecule has 0 aliphatic rings. The van der Waals surface area contributed by atoms with E-state index in [9.17, 15) is 9.59 Å². The first-order chi connectivity index (χ1) is 14.2. The highest BCUT2D eigenvalue weighted by Gasteiger charge is 2.19. The second-order valence-corrected chi connectivity index (χ2v) is 7.41. The SMILES string of the molecule is COc1nn(C)c2nc(C)c(CCC(=O)Nc3cc(C)ccc3NC(C)=O)c(C)c12. The Kier molecular flexibility index (Phi) is 6.05. The lowest BCUT2D eigenvalue weighted by atomic mass is 10.00. The molecule has 0 radical (unpaired) electrons. The molecule has 0 aliphatic heterocycles. The zero-order chi connectivity index (χ0) is 22.0. The number of benzene rings is 1. The number of rotatable bonds is 6.